The van der Waals surface area contributed by atoms with E-state index in [9.17, 15) is 14.4 Å². The van der Waals surface area contributed by atoms with Crippen LogP contribution < -0.4 is 10.6 Å². The van der Waals surface area contributed by atoms with Crippen LogP contribution in [0.25, 0.3) is 0 Å². The Bertz CT molecular complexity index is 288. The first-order valence-electron chi connectivity index (χ1n) is 5.89. The normalized spacial score (nSPS) is 15.5. The largest absolute Gasteiger partial charge is 0.355 e. The Balaban J connectivity index is 2.16. The van der Waals surface area contributed by atoms with E-state index in [1.165, 1.54) is 0 Å². The Morgan fingerprint density at radius 3 is 2.35 bits per heavy atom. The lowest BCUT2D eigenvalue weighted by Gasteiger charge is -2.13. The molecular weight excluding hydrogens is 222 g/mol. The third kappa shape index (κ3) is 4.52. The van der Waals surface area contributed by atoms with Crippen molar-refractivity contribution in [2.45, 2.75) is 25.7 Å². The molecule has 1 saturated heterocycles. The number of imide groups is 1. The van der Waals surface area contributed by atoms with Gasteiger partial charge in [0.15, 0.2) is 0 Å². The molecule has 0 aromatic rings. The molecule has 3 amide bonds. The average molecular weight is 241 g/mol. The number of likely N-dealkylation sites (tertiary alicyclic amines) is 1. The van der Waals surface area contributed by atoms with Crippen molar-refractivity contribution in [2.75, 3.05) is 26.7 Å². The molecule has 0 saturated carbocycles. The second-order valence-electron chi connectivity index (χ2n) is 4.03. The lowest BCUT2D eigenvalue weighted by atomic mass is 10.3. The molecule has 0 bridgehead atoms. The molecule has 6 heteroatoms. The topological polar surface area (TPSA) is 78.5 Å². The molecule has 0 aliphatic carbocycles. The highest BCUT2D eigenvalue weighted by molar-refractivity contribution is 6.04. The standard InChI is InChI=1S/C11H19N3O3/c1-12-6-2-3-7-13-9(15)8-14-10(16)4-5-11(14)17/h12H,2-8H2,1H3,(H,13,15). The zero-order chi connectivity index (χ0) is 12.7. The van der Waals surface area contributed by atoms with Crippen molar-refractivity contribution < 1.29 is 14.4 Å². The molecule has 1 aliphatic heterocycles. The van der Waals surface area contributed by atoms with E-state index in [1.54, 1.807) is 0 Å². The van der Waals surface area contributed by atoms with Crippen LogP contribution in [-0.4, -0.2) is 49.3 Å². The Morgan fingerprint density at radius 1 is 1.18 bits per heavy atom. The fourth-order valence-corrected chi connectivity index (χ4v) is 1.65. The van der Waals surface area contributed by atoms with Gasteiger partial charge in [0.25, 0.3) is 0 Å². The van der Waals surface area contributed by atoms with Crippen LogP contribution in [0.4, 0.5) is 0 Å². The summed E-state index contributed by atoms with van der Waals surface area (Å²) in [6.45, 7) is 1.36. The molecule has 0 unspecified atom stereocenters. The molecule has 1 aliphatic rings. The molecule has 0 aromatic carbocycles. The quantitative estimate of drug-likeness (QED) is 0.454. The van der Waals surface area contributed by atoms with E-state index in [1.807, 2.05) is 7.05 Å². The van der Waals surface area contributed by atoms with Crippen LogP contribution >= 0.6 is 0 Å². The lowest BCUT2D eigenvalue weighted by molar-refractivity contribution is -0.142. The number of hydrogen-bond acceptors (Lipinski definition) is 4. The number of unbranched alkanes of at least 4 members (excludes halogenated alkanes) is 1. The van der Waals surface area contributed by atoms with Crippen molar-refractivity contribution in [2.24, 2.45) is 0 Å². The van der Waals surface area contributed by atoms with Gasteiger partial charge >= 0.3 is 0 Å². The van der Waals surface area contributed by atoms with Gasteiger partial charge in [-0.25, -0.2) is 0 Å². The SMILES string of the molecule is CNCCCCNC(=O)CN1C(=O)CCC1=O. The van der Waals surface area contributed by atoms with Gasteiger partial charge in [0.2, 0.25) is 17.7 Å². The summed E-state index contributed by atoms with van der Waals surface area (Å²) in [4.78, 5) is 35.0. The second-order valence-corrected chi connectivity index (χ2v) is 4.03. The third-order valence-corrected chi connectivity index (χ3v) is 2.63. The summed E-state index contributed by atoms with van der Waals surface area (Å²) in [5.74, 6) is -0.765. The predicted molar refractivity (Wildman–Crippen MR) is 62.1 cm³/mol. The lowest BCUT2D eigenvalue weighted by Crippen LogP contribution is -2.40. The fraction of sp³-hybridized carbons (Fsp3) is 0.727. The van der Waals surface area contributed by atoms with E-state index in [0.717, 1.165) is 24.3 Å². The van der Waals surface area contributed by atoms with Gasteiger partial charge in [-0.3, -0.25) is 19.3 Å². The summed E-state index contributed by atoms with van der Waals surface area (Å²) in [6.07, 6.45) is 2.33. The summed E-state index contributed by atoms with van der Waals surface area (Å²) < 4.78 is 0. The first-order chi connectivity index (χ1) is 8.15. The smallest absolute Gasteiger partial charge is 0.240 e. The number of carbonyl (C=O) groups is 3. The van der Waals surface area contributed by atoms with Crippen molar-refractivity contribution in [1.82, 2.24) is 15.5 Å². The highest BCUT2D eigenvalue weighted by Gasteiger charge is 2.30. The van der Waals surface area contributed by atoms with Crippen LogP contribution in [0.15, 0.2) is 0 Å². The van der Waals surface area contributed by atoms with Crippen molar-refractivity contribution in [3.63, 3.8) is 0 Å². The first kappa shape index (κ1) is 13.6. The van der Waals surface area contributed by atoms with E-state index in [2.05, 4.69) is 10.6 Å². The molecule has 1 rings (SSSR count). The van der Waals surface area contributed by atoms with Gasteiger partial charge in [0.1, 0.15) is 6.54 Å². The highest BCUT2D eigenvalue weighted by atomic mass is 16.2. The number of rotatable bonds is 7. The Hall–Kier alpha value is -1.43. The van der Waals surface area contributed by atoms with Crippen LogP contribution in [0.1, 0.15) is 25.7 Å². The molecule has 1 fully saturated rings. The maximum atomic E-state index is 11.4. The average Bonchev–Trinajstić information content (AvgIpc) is 2.60. The van der Waals surface area contributed by atoms with Crippen molar-refractivity contribution in [1.29, 1.82) is 0 Å². The van der Waals surface area contributed by atoms with E-state index >= 15 is 0 Å². The van der Waals surface area contributed by atoms with Crippen molar-refractivity contribution in [3.8, 4) is 0 Å². The summed E-state index contributed by atoms with van der Waals surface area (Å²) in [7, 11) is 1.88. The van der Waals surface area contributed by atoms with Crippen LogP contribution in [0.5, 0.6) is 0 Å². The van der Waals surface area contributed by atoms with Crippen LogP contribution in [0.2, 0.25) is 0 Å². The highest BCUT2D eigenvalue weighted by Crippen LogP contribution is 2.10. The minimum Gasteiger partial charge on any atom is -0.355 e. The van der Waals surface area contributed by atoms with E-state index in [0.29, 0.717) is 6.54 Å². The summed E-state index contributed by atoms with van der Waals surface area (Å²) >= 11 is 0. The van der Waals surface area contributed by atoms with Crippen molar-refractivity contribution >= 4 is 17.7 Å². The van der Waals surface area contributed by atoms with Gasteiger partial charge in [0, 0.05) is 19.4 Å². The molecule has 2 N–H and O–H groups in total. The number of nitrogens with zero attached hydrogens (tertiary/aromatic N) is 1. The first-order valence-corrected chi connectivity index (χ1v) is 5.89. The third-order valence-electron chi connectivity index (χ3n) is 2.63. The monoisotopic (exact) mass is 241 g/mol. The number of hydrogen-bond donors (Lipinski definition) is 2. The molecule has 0 spiro atoms. The predicted octanol–water partition coefficient (Wildman–Crippen LogP) is -0.749. The van der Waals surface area contributed by atoms with Gasteiger partial charge in [0.05, 0.1) is 0 Å². The van der Waals surface area contributed by atoms with E-state index < -0.39 is 0 Å². The van der Waals surface area contributed by atoms with Crippen LogP contribution in [-0.2, 0) is 14.4 Å². The zero-order valence-corrected chi connectivity index (χ0v) is 10.1. The molecule has 1 heterocycles. The molecular formula is C11H19N3O3. The van der Waals surface area contributed by atoms with Gasteiger partial charge in [-0.05, 0) is 26.4 Å². The maximum Gasteiger partial charge on any atom is 0.240 e. The van der Waals surface area contributed by atoms with E-state index in [4.69, 9.17) is 0 Å². The Morgan fingerprint density at radius 2 is 1.76 bits per heavy atom. The van der Waals surface area contributed by atoms with Gasteiger partial charge in [-0.15, -0.1) is 0 Å². The summed E-state index contributed by atoms with van der Waals surface area (Å²) in [5, 5.41) is 5.71. The molecule has 6 nitrogen and oxygen atoms in total. The Labute approximate surface area is 101 Å². The maximum absolute atomic E-state index is 11.4. The second kappa shape index (κ2) is 7.01. The van der Waals surface area contributed by atoms with E-state index in [-0.39, 0.29) is 37.1 Å². The van der Waals surface area contributed by atoms with Gasteiger partial charge in [-0.1, -0.05) is 0 Å². The zero-order valence-electron chi connectivity index (χ0n) is 10.1. The summed E-state index contributed by atoms with van der Waals surface area (Å²) in [5.41, 5.74) is 0. The number of carbonyl (C=O) groups excluding carboxylic acids is 3. The van der Waals surface area contributed by atoms with Crippen LogP contribution in [0.3, 0.4) is 0 Å². The molecule has 96 valence electrons. The molecule has 17 heavy (non-hydrogen) atoms. The van der Waals surface area contributed by atoms with Crippen LogP contribution in [0, 0.1) is 0 Å². The summed E-state index contributed by atoms with van der Waals surface area (Å²) in [6, 6.07) is 0. The fourth-order valence-electron chi connectivity index (χ4n) is 1.65. The number of amides is 3. The Kier molecular flexibility index (Phi) is 5.62. The van der Waals surface area contributed by atoms with Gasteiger partial charge < -0.3 is 10.6 Å². The molecule has 0 aromatic heterocycles. The number of nitrogens with one attached hydrogen (secondary N) is 2. The molecule has 0 atom stereocenters. The molecule has 0 radical (unpaired) electrons. The minimum atomic E-state index is -0.266. The van der Waals surface area contributed by atoms with Crippen molar-refractivity contribution in [3.05, 3.63) is 0 Å². The minimum absolute atomic E-state index is 0.135. The van der Waals surface area contributed by atoms with Gasteiger partial charge in [-0.2, -0.15) is 0 Å².